The van der Waals surface area contributed by atoms with E-state index >= 15 is 0 Å². The summed E-state index contributed by atoms with van der Waals surface area (Å²) >= 11 is 0. The number of benzene rings is 2. The van der Waals surface area contributed by atoms with Gasteiger partial charge in [-0.15, -0.1) is 10.2 Å². The Balaban J connectivity index is 1.65. The highest BCUT2D eigenvalue weighted by Gasteiger charge is 2.09. The molecule has 2 aromatic carbocycles. The van der Waals surface area contributed by atoms with E-state index in [9.17, 15) is 9.18 Å². The van der Waals surface area contributed by atoms with Crippen molar-refractivity contribution in [3.05, 3.63) is 72.4 Å². The number of hydrogen-bond acceptors (Lipinski definition) is 4. The topological polar surface area (TPSA) is 72.7 Å². The molecule has 2 heterocycles. The summed E-state index contributed by atoms with van der Waals surface area (Å²) in [6, 6.07) is 12.8. The molecule has 26 heavy (non-hydrogen) atoms. The third kappa shape index (κ3) is 3.02. The van der Waals surface area contributed by atoms with Crippen LogP contribution in [-0.2, 0) is 7.05 Å². The van der Waals surface area contributed by atoms with Crippen molar-refractivity contribution in [2.45, 2.75) is 0 Å². The summed E-state index contributed by atoms with van der Waals surface area (Å²) in [5.41, 5.74) is 3.02. The van der Waals surface area contributed by atoms with Gasteiger partial charge in [0.2, 0.25) is 0 Å². The average molecular weight is 347 g/mol. The number of hydrogen-bond donors (Lipinski definition) is 1. The lowest BCUT2D eigenvalue weighted by molar-refractivity contribution is 0.102. The Morgan fingerprint density at radius 1 is 1.08 bits per heavy atom. The molecular formula is C19H14FN5O. The van der Waals surface area contributed by atoms with Gasteiger partial charge in [0, 0.05) is 23.6 Å². The highest BCUT2D eigenvalue weighted by atomic mass is 19.1. The lowest BCUT2D eigenvalue weighted by Gasteiger charge is -2.07. The zero-order valence-corrected chi connectivity index (χ0v) is 13.8. The maximum absolute atomic E-state index is 13.0. The highest BCUT2D eigenvalue weighted by Crippen LogP contribution is 2.24. The Labute approximate surface area is 148 Å². The molecule has 0 saturated heterocycles. The van der Waals surface area contributed by atoms with E-state index in [1.807, 2.05) is 29.8 Å². The van der Waals surface area contributed by atoms with Crippen LogP contribution in [0.5, 0.6) is 0 Å². The molecule has 1 amide bonds. The molecule has 0 bridgehead atoms. The summed E-state index contributed by atoms with van der Waals surface area (Å²) in [5, 5.41) is 11.7. The number of imidazole rings is 1. The number of amides is 1. The molecule has 6 nitrogen and oxygen atoms in total. The van der Waals surface area contributed by atoms with Gasteiger partial charge in [0.05, 0.1) is 23.7 Å². The maximum atomic E-state index is 13.0. The molecule has 128 valence electrons. The molecule has 0 unspecified atom stereocenters. The quantitative estimate of drug-likeness (QED) is 0.616. The van der Waals surface area contributed by atoms with Crippen molar-refractivity contribution in [2.24, 2.45) is 7.05 Å². The molecule has 0 atom stereocenters. The first-order valence-electron chi connectivity index (χ1n) is 7.91. The minimum Gasteiger partial charge on any atom is -0.334 e. The van der Waals surface area contributed by atoms with Crippen molar-refractivity contribution in [3.8, 4) is 11.3 Å². The standard InChI is InChI=1S/C19H14FN5O/c1-25-11-21-10-17(25)13-4-7-16-14(8-13)9-18(24-23-16)22-19(26)12-2-5-15(20)6-3-12/h2-11H,1H3,(H,22,24,26). The summed E-state index contributed by atoms with van der Waals surface area (Å²) in [4.78, 5) is 16.4. The minimum absolute atomic E-state index is 0.328. The van der Waals surface area contributed by atoms with E-state index < -0.39 is 5.82 Å². The van der Waals surface area contributed by atoms with Crippen LogP contribution in [0.3, 0.4) is 0 Å². The molecule has 4 aromatic rings. The number of carbonyl (C=O) groups is 1. The van der Waals surface area contributed by atoms with Gasteiger partial charge in [-0.1, -0.05) is 6.07 Å². The normalized spacial score (nSPS) is 10.8. The van der Waals surface area contributed by atoms with Crippen molar-refractivity contribution in [2.75, 3.05) is 5.32 Å². The predicted octanol–water partition coefficient (Wildman–Crippen LogP) is 3.42. The number of aromatic nitrogens is 4. The number of halogens is 1. The van der Waals surface area contributed by atoms with Crippen molar-refractivity contribution < 1.29 is 9.18 Å². The van der Waals surface area contributed by atoms with Crippen LogP contribution in [0.15, 0.2) is 61.1 Å². The SMILES string of the molecule is Cn1cncc1-c1ccc2nnc(NC(=O)c3ccc(F)cc3)cc2c1. The molecule has 0 aliphatic carbocycles. The molecule has 7 heteroatoms. The van der Waals surface area contributed by atoms with Crippen LogP contribution in [-0.4, -0.2) is 25.7 Å². The van der Waals surface area contributed by atoms with Gasteiger partial charge < -0.3 is 9.88 Å². The summed E-state index contributed by atoms with van der Waals surface area (Å²) in [6.45, 7) is 0. The third-order valence-electron chi connectivity index (χ3n) is 4.05. The van der Waals surface area contributed by atoms with Crippen LogP contribution in [0.4, 0.5) is 10.2 Å². The Bertz CT molecular complexity index is 1100. The second-order valence-electron chi connectivity index (χ2n) is 5.85. The van der Waals surface area contributed by atoms with Crippen molar-refractivity contribution in [1.29, 1.82) is 0 Å². The molecule has 0 spiro atoms. The largest absolute Gasteiger partial charge is 0.334 e. The van der Waals surface area contributed by atoms with Gasteiger partial charge in [0.25, 0.3) is 5.91 Å². The van der Waals surface area contributed by atoms with Gasteiger partial charge in [0.15, 0.2) is 5.82 Å². The summed E-state index contributed by atoms with van der Waals surface area (Å²) in [6.07, 6.45) is 3.52. The predicted molar refractivity (Wildman–Crippen MR) is 96.1 cm³/mol. The van der Waals surface area contributed by atoms with E-state index in [0.29, 0.717) is 11.4 Å². The molecule has 2 aromatic heterocycles. The Morgan fingerprint density at radius 3 is 2.62 bits per heavy atom. The number of anilines is 1. The monoisotopic (exact) mass is 347 g/mol. The van der Waals surface area contributed by atoms with Crippen molar-refractivity contribution in [3.63, 3.8) is 0 Å². The van der Waals surface area contributed by atoms with Crippen LogP contribution < -0.4 is 5.32 Å². The van der Waals surface area contributed by atoms with E-state index in [1.165, 1.54) is 24.3 Å². The van der Waals surface area contributed by atoms with Crippen molar-refractivity contribution >= 4 is 22.6 Å². The first-order chi connectivity index (χ1) is 12.6. The van der Waals surface area contributed by atoms with Crippen molar-refractivity contribution in [1.82, 2.24) is 19.7 Å². The Morgan fingerprint density at radius 2 is 1.88 bits per heavy atom. The molecule has 0 fully saturated rings. The smallest absolute Gasteiger partial charge is 0.256 e. The van der Waals surface area contributed by atoms with Crippen LogP contribution in [0.2, 0.25) is 0 Å². The highest BCUT2D eigenvalue weighted by molar-refractivity contribution is 6.04. The third-order valence-corrected chi connectivity index (χ3v) is 4.05. The van der Waals surface area contributed by atoms with Gasteiger partial charge in [-0.2, -0.15) is 0 Å². The molecule has 1 N–H and O–H groups in total. The van der Waals surface area contributed by atoms with E-state index in [0.717, 1.165) is 22.2 Å². The molecule has 0 aliphatic heterocycles. The number of fused-ring (bicyclic) bond motifs is 1. The second-order valence-corrected chi connectivity index (χ2v) is 5.85. The van der Waals surface area contributed by atoms with E-state index in [1.54, 1.807) is 18.6 Å². The lowest BCUT2D eigenvalue weighted by atomic mass is 10.1. The molecule has 0 aliphatic rings. The first kappa shape index (κ1) is 15.9. The first-order valence-corrected chi connectivity index (χ1v) is 7.91. The number of carbonyl (C=O) groups excluding carboxylic acids is 1. The van der Waals surface area contributed by atoms with E-state index in [2.05, 4.69) is 20.5 Å². The van der Waals surface area contributed by atoms with Gasteiger partial charge in [-0.05, 0) is 42.5 Å². The van der Waals surface area contributed by atoms with Gasteiger partial charge in [-0.25, -0.2) is 9.37 Å². The molecule has 0 radical (unpaired) electrons. The van der Waals surface area contributed by atoms with E-state index in [4.69, 9.17) is 0 Å². The molecular weight excluding hydrogens is 333 g/mol. The number of aryl methyl sites for hydroxylation is 1. The summed E-state index contributed by atoms with van der Waals surface area (Å²) in [7, 11) is 1.92. The van der Waals surface area contributed by atoms with Gasteiger partial charge in [-0.3, -0.25) is 4.79 Å². The van der Waals surface area contributed by atoms with Crippen LogP contribution in [0.1, 0.15) is 10.4 Å². The molecule has 0 saturated carbocycles. The number of nitrogens with one attached hydrogen (secondary N) is 1. The van der Waals surface area contributed by atoms with Gasteiger partial charge in [0.1, 0.15) is 5.82 Å². The Hall–Kier alpha value is -3.61. The zero-order valence-electron chi connectivity index (χ0n) is 13.8. The lowest BCUT2D eigenvalue weighted by Crippen LogP contribution is -2.13. The Kier molecular flexibility index (Phi) is 3.89. The average Bonchev–Trinajstić information content (AvgIpc) is 3.07. The van der Waals surface area contributed by atoms with Crippen LogP contribution in [0.25, 0.3) is 22.2 Å². The summed E-state index contributed by atoms with van der Waals surface area (Å²) in [5.74, 6) is -0.440. The summed E-state index contributed by atoms with van der Waals surface area (Å²) < 4.78 is 14.9. The number of nitrogens with zero attached hydrogens (tertiary/aromatic N) is 4. The fourth-order valence-electron chi connectivity index (χ4n) is 2.69. The zero-order chi connectivity index (χ0) is 18.1. The van der Waals surface area contributed by atoms with Crippen LogP contribution >= 0.6 is 0 Å². The van der Waals surface area contributed by atoms with Gasteiger partial charge >= 0.3 is 0 Å². The fraction of sp³-hybridized carbons (Fsp3) is 0.0526. The van der Waals surface area contributed by atoms with E-state index in [-0.39, 0.29) is 5.91 Å². The maximum Gasteiger partial charge on any atom is 0.256 e. The van der Waals surface area contributed by atoms with Crippen LogP contribution in [0, 0.1) is 5.82 Å². The minimum atomic E-state index is -0.394. The number of rotatable bonds is 3. The second kappa shape index (κ2) is 6.36. The fourth-order valence-corrected chi connectivity index (χ4v) is 2.69. The molecule has 4 rings (SSSR count).